The van der Waals surface area contributed by atoms with Gasteiger partial charge in [-0.05, 0) is 24.6 Å². The molecule has 3 amide bonds. The Bertz CT molecular complexity index is 735. The Balaban J connectivity index is 1.60. The van der Waals surface area contributed by atoms with Crippen LogP contribution in [0, 0.1) is 5.92 Å². The van der Waals surface area contributed by atoms with Crippen LogP contribution in [0.2, 0.25) is 0 Å². The summed E-state index contributed by atoms with van der Waals surface area (Å²) in [7, 11) is 0. The molecule has 0 saturated carbocycles. The van der Waals surface area contributed by atoms with Gasteiger partial charge >= 0.3 is 6.03 Å². The summed E-state index contributed by atoms with van der Waals surface area (Å²) >= 11 is 0. The average Bonchev–Trinajstić information content (AvgIpc) is 2.93. The number of hydrogen-bond acceptors (Lipinski definition) is 4. The Morgan fingerprint density at radius 1 is 1.29 bits per heavy atom. The topological polar surface area (TPSA) is 87.2 Å². The van der Waals surface area contributed by atoms with Gasteiger partial charge in [0.2, 0.25) is 5.91 Å². The van der Waals surface area contributed by atoms with Crippen molar-refractivity contribution in [2.24, 2.45) is 5.92 Å². The Hall–Kier alpha value is -2.96. The van der Waals surface area contributed by atoms with Crippen LogP contribution in [-0.2, 0) is 11.3 Å². The second-order valence-electron chi connectivity index (χ2n) is 5.71. The Morgan fingerprint density at radius 2 is 2.17 bits per heavy atom. The van der Waals surface area contributed by atoms with Gasteiger partial charge in [-0.3, -0.25) is 15.1 Å². The maximum atomic E-state index is 12.1. The molecular formula is C17H19N5O2. The normalized spacial score (nSPS) is 17.0. The fraction of sp³-hybridized carbons (Fsp3) is 0.294. The summed E-state index contributed by atoms with van der Waals surface area (Å²) in [4.78, 5) is 34.0. The Morgan fingerprint density at radius 3 is 2.88 bits per heavy atom. The molecule has 7 heteroatoms. The van der Waals surface area contributed by atoms with E-state index in [1.165, 1.54) is 0 Å². The van der Waals surface area contributed by atoms with Crippen molar-refractivity contribution in [3.05, 3.63) is 48.4 Å². The standard InChI is InChI=1S/C17H19N5O2/c1-12-6-9-22(16(12)23)14-5-8-19-15(10-14)21-17(24)20-11-13-4-2-3-7-18-13/h2-5,7-8,10,12H,6,9,11H2,1H3,(H2,19,20,21,24)/t12-/m1/s1. The molecule has 1 fully saturated rings. The van der Waals surface area contributed by atoms with Gasteiger partial charge in [0.05, 0.1) is 12.2 Å². The molecule has 0 aromatic carbocycles. The van der Waals surface area contributed by atoms with Crippen LogP contribution in [0.25, 0.3) is 0 Å². The van der Waals surface area contributed by atoms with Crippen molar-refractivity contribution in [3.8, 4) is 0 Å². The number of carbonyl (C=O) groups excluding carboxylic acids is 2. The number of nitrogens with one attached hydrogen (secondary N) is 2. The summed E-state index contributed by atoms with van der Waals surface area (Å²) in [6, 6.07) is 8.62. The number of carbonyl (C=O) groups is 2. The SMILES string of the molecule is C[C@@H]1CCN(c2ccnc(NC(=O)NCc3ccccn3)c2)C1=O. The maximum Gasteiger partial charge on any atom is 0.320 e. The highest BCUT2D eigenvalue weighted by molar-refractivity contribution is 5.97. The summed E-state index contributed by atoms with van der Waals surface area (Å²) in [6.07, 6.45) is 4.10. The zero-order valence-corrected chi connectivity index (χ0v) is 13.4. The largest absolute Gasteiger partial charge is 0.332 e. The number of urea groups is 1. The van der Waals surface area contributed by atoms with E-state index in [9.17, 15) is 9.59 Å². The third-order valence-corrected chi connectivity index (χ3v) is 3.93. The highest BCUT2D eigenvalue weighted by atomic mass is 16.2. The van der Waals surface area contributed by atoms with E-state index in [0.29, 0.717) is 18.9 Å². The van der Waals surface area contributed by atoms with Crippen molar-refractivity contribution in [3.63, 3.8) is 0 Å². The highest BCUT2D eigenvalue weighted by Gasteiger charge is 2.29. The van der Waals surface area contributed by atoms with E-state index in [1.807, 2.05) is 25.1 Å². The molecule has 1 atom stereocenters. The van der Waals surface area contributed by atoms with Crippen LogP contribution in [0.1, 0.15) is 19.0 Å². The zero-order chi connectivity index (χ0) is 16.9. The molecule has 0 radical (unpaired) electrons. The Labute approximate surface area is 140 Å². The predicted molar refractivity (Wildman–Crippen MR) is 90.5 cm³/mol. The van der Waals surface area contributed by atoms with Crippen molar-refractivity contribution >= 4 is 23.4 Å². The molecule has 7 nitrogen and oxygen atoms in total. The van der Waals surface area contributed by atoms with Crippen molar-refractivity contribution in [1.82, 2.24) is 15.3 Å². The number of hydrogen-bond donors (Lipinski definition) is 2. The molecule has 24 heavy (non-hydrogen) atoms. The minimum absolute atomic E-state index is 0.0382. The molecule has 3 heterocycles. The van der Waals surface area contributed by atoms with Gasteiger partial charge in [0.25, 0.3) is 0 Å². The van der Waals surface area contributed by atoms with E-state index in [-0.39, 0.29) is 17.9 Å². The lowest BCUT2D eigenvalue weighted by Crippen LogP contribution is -2.29. The quantitative estimate of drug-likeness (QED) is 0.902. The zero-order valence-electron chi connectivity index (χ0n) is 13.4. The van der Waals surface area contributed by atoms with Crippen LogP contribution >= 0.6 is 0 Å². The van der Waals surface area contributed by atoms with Gasteiger partial charge in [-0.1, -0.05) is 13.0 Å². The summed E-state index contributed by atoms with van der Waals surface area (Å²) < 4.78 is 0. The molecule has 1 aliphatic rings. The number of aromatic nitrogens is 2. The van der Waals surface area contributed by atoms with Crippen LogP contribution in [-0.4, -0.2) is 28.5 Å². The first-order valence-corrected chi connectivity index (χ1v) is 7.85. The highest BCUT2D eigenvalue weighted by Crippen LogP contribution is 2.25. The molecular weight excluding hydrogens is 306 g/mol. The van der Waals surface area contributed by atoms with E-state index >= 15 is 0 Å². The number of amides is 3. The van der Waals surface area contributed by atoms with Crippen molar-refractivity contribution < 1.29 is 9.59 Å². The second kappa shape index (κ2) is 7.08. The molecule has 2 aromatic rings. The molecule has 0 aliphatic carbocycles. The third-order valence-electron chi connectivity index (χ3n) is 3.93. The molecule has 0 unspecified atom stereocenters. The minimum atomic E-state index is -0.369. The van der Waals surface area contributed by atoms with Crippen LogP contribution in [0.15, 0.2) is 42.7 Å². The number of anilines is 2. The number of rotatable bonds is 4. The van der Waals surface area contributed by atoms with E-state index < -0.39 is 0 Å². The molecule has 2 N–H and O–H groups in total. The van der Waals surface area contributed by atoms with Crippen LogP contribution < -0.4 is 15.5 Å². The smallest absolute Gasteiger partial charge is 0.320 e. The van der Waals surface area contributed by atoms with Crippen molar-refractivity contribution in [1.29, 1.82) is 0 Å². The van der Waals surface area contributed by atoms with Gasteiger partial charge in [-0.2, -0.15) is 0 Å². The summed E-state index contributed by atoms with van der Waals surface area (Å²) in [5, 5.41) is 5.39. The molecule has 1 aliphatic heterocycles. The van der Waals surface area contributed by atoms with Crippen LogP contribution in [0.3, 0.4) is 0 Å². The Kier molecular flexibility index (Phi) is 4.69. The fourth-order valence-corrected chi connectivity index (χ4v) is 2.57. The van der Waals surface area contributed by atoms with E-state index in [1.54, 1.807) is 29.4 Å². The van der Waals surface area contributed by atoms with Gasteiger partial charge < -0.3 is 10.2 Å². The molecule has 124 valence electrons. The third kappa shape index (κ3) is 3.68. The lowest BCUT2D eigenvalue weighted by Gasteiger charge is -2.17. The van der Waals surface area contributed by atoms with Crippen molar-refractivity contribution in [2.45, 2.75) is 19.9 Å². The van der Waals surface area contributed by atoms with Gasteiger partial charge in [0.15, 0.2) is 0 Å². The van der Waals surface area contributed by atoms with E-state index in [0.717, 1.165) is 17.8 Å². The first kappa shape index (κ1) is 15.9. The maximum absolute atomic E-state index is 12.1. The molecule has 3 rings (SSSR count). The van der Waals surface area contributed by atoms with Crippen molar-refractivity contribution in [2.75, 3.05) is 16.8 Å². The lowest BCUT2D eigenvalue weighted by atomic mass is 10.1. The first-order valence-electron chi connectivity index (χ1n) is 7.85. The second-order valence-corrected chi connectivity index (χ2v) is 5.71. The van der Waals surface area contributed by atoms with Crippen LogP contribution in [0.5, 0.6) is 0 Å². The van der Waals surface area contributed by atoms with Crippen LogP contribution in [0.4, 0.5) is 16.3 Å². The lowest BCUT2D eigenvalue weighted by molar-refractivity contribution is -0.119. The molecule has 1 saturated heterocycles. The van der Waals surface area contributed by atoms with E-state index in [2.05, 4.69) is 20.6 Å². The monoisotopic (exact) mass is 325 g/mol. The first-order chi connectivity index (χ1) is 11.6. The average molecular weight is 325 g/mol. The van der Waals surface area contributed by atoms with Gasteiger partial charge in [-0.25, -0.2) is 9.78 Å². The summed E-state index contributed by atoms with van der Waals surface area (Å²) in [5.41, 5.74) is 1.52. The molecule has 0 spiro atoms. The minimum Gasteiger partial charge on any atom is -0.332 e. The molecule has 0 bridgehead atoms. The number of nitrogens with zero attached hydrogens (tertiary/aromatic N) is 3. The molecule has 2 aromatic heterocycles. The van der Waals surface area contributed by atoms with Gasteiger partial charge in [0.1, 0.15) is 5.82 Å². The summed E-state index contributed by atoms with van der Waals surface area (Å²) in [6.45, 7) is 2.94. The fourth-order valence-electron chi connectivity index (χ4n) is 2.57. The predicted octanol–water partition coefficient (Wildman–Crippen LogP) is 2.17. The number of pyridine rings is 2. The van der Waals surface area contributed by atoms with Gasteiger partial charge in [0, 0.05) is 36.6 Å². The summed E-state index contributed by atoms with van der Waals surface area (Å²) in [5.74, 6) is 0.543. The van der Waals surface area contributed by atoms with E-state index in [4.69, 9.17) is 0 Å². The van der Waals surface area contributed by atoms with Gasteiger partial charge in [-0.15, -0.1) is 0 Å².